The van der Waals surface area contributed by atoms with Gasteiger partial charge in [-0.15, -0.1) is 11.3 Å². The van der Waals surface area contributed by atoms with E-state index >= 15 is 0 Å². The van der Waals surface area contributed by atoms with Gasteiger partial charge < -0.3 is 0 Å². The minimum Gasteiger partial charge on any atom is -0.243 e. The van der Waals surface area contributed by atoms with Crippen LogP contribution in [0.1, 0.15) is 10.4 Å². The third-order valence-electron chi connectivity index (χ3n) is 1.58. The van der Waals surface area contributed by atoms with Gasteiger partial charge in [-0.2, -0.15) is 0 Å². The summed E-state index contributed by atoms with van der Waals surface area (Å²) in [5.74, 6) is 6.06. The summed E-state index contributed by atoms with van der Waals surface area (Å²) < 4.78 is 0. The highest BCUT2D eigenvalue weighted by molar-refractivity contribution is 7.10. The number of rotatable bonds is 0. The van der Waals surface area contributed by atoms with Crippen LogP contribution in [0.2, 0.25) is 5.15 Å². The van der Waals surface area contributed by atoms with E-state index in [1.165, 1.54) is 0 Å². The van der Waals surface area contributed by atoms with Crippen LogP contribution in [0.25, 0.3) is 0 Å². The third kappa shape index (κ3) is 2.35. The molecule has 14 heavy (non-hydrogen) atoms. The molecule has 0 aromatic carbocycles. The van der Waals surface area contributed by atoms with Crippen LogP contribution in [-0.4, -0.2) is 4.98 Å². The summed E-state index contributed by atoms with van der Waals surface area (Å²) >= 11 is 7.28. The molecule has 0 amide bonds. The first kappa shape index (κ1) is 9.26. The fraction of sp³-hybridized carbons (Fsp3) is 0. The SMILES string of the molecule is Clc1ccc(C#Cc2cccs2)cn1. The number of halogens is 1. The molecule has 1 nitrogen and oxygen atoms in total. The predicted molar refractivity (Wildman–Crippen MR) is 59.5 cm³/mol. The van der Waals surface area contributed by atoms with Gasteiger partial charge in [0, 0.05) is 11.8 Å². The lowest BCUT2D eigenvalue weighted by molar-refractivity contribution is 1.31. The first-order valence-corrected chi connectivity index (χ1v) is 5.27. The molecule has 0 fully saturated rings. The monoisotopic (exact) mass is 219 g/mol. The molecule has 0 aliphatic heterocycles. The number of pyridine rings is 1. The smallest absolute Gasteiger partial charge is 0.129 e. The van der Waals surface area contributed by atoms with Gasteiger partial charge in [0.05, 0.1) is 4.88 Å². The molecule has 2 heterocycles. The number of aromatic nitrogens is 1. The summed E-state index contributed by atoms with van der Waals surface area (Å²) in [7, 11) is 0. The summed E-state index contributed by atoms with van der Waals surface area (Å²) in [4.78, 5) is 5.00. The average Bonchev–Trinajstić information content (AvgIpc) is 2.70. The summed E-state index contributed by atoms with van der Waals surface area (Å²) in [6.07, 6.45) is 1.67. The molecule has 0 aliphatic rings. The minimum atomic E-state index is 0.492. The van der Waals surface area contributed by atoms with Crippen LogP contribution in [0.4, 0.5) is 0 Å². The Balaban J connectivity index is 2.22. The van der Waals surface area contributed by atoms with Gasteiger partial charge in [0.25, 0.3) is 0 Å². The lowest BCUT2D eigenvalue weighted by Crippen LogP contribution is -1.77. The number of hydrogen-bond donors (Lipinski definition) is 0. The van der Waals surface area contributed by atoms with Crippen molar-refractivity contribution in [2.75, 3.05) is 0 Å². The van der Waals surface area contributed by atoms with Crippen molar-refractivity contribution in [3.8, 4) is 11.8 Å². The number of thiophene rings is 1. The van der Waals surface area contributed by atoms with Crippen LogP contribution in [0.15, 0.2) is 35.8 Å². The molecule has 0 atom stereocenters. The summed E-state index contributed by atoms with van der Waals surface area (Å²) in [5, 5.41) is 2.50. The van der Waals surface area contributed by atoms with E-state index in [-0.39, 0.29) is 0 Å². The molecule has 0 spiro atoms. The quantitative estimate of drug-likeness (QED) is 0.490. The van der Waals surface area contributed by atoms with Gasteiger partial charge in [0.2, 0.25) is 0 Å². The fourth-order valence-electron chi connectivity index (χ4n) is 0.933. The van der Waals surface area contributed by atoms with E-state index in [1.54, 1.807) is 23.6 Å². The van der Waals surface area contributed by atoms with Gasteiger partial charge in [-0.1, -0.05) is 29.5 Å². The van der Waals surface area contributed by atoms with Gasteiger partial charge in [-0.25, -0.2) is 4.98 Å². The summed E-state index contributed by atoms with van der Waals surface area (Å²) in [6, 6.07) is 7.56. The zero-order valence-corrected chi connectivity index (χ0v) is 8.77. The molecule has 0 saturated heterocycles. The van der Waals surface area contributed by atoms with Crippen LogP contribution in [0.3, 0.4) is 0 Å². The van der Waals surface area contributed by atoms with Crippen molar-refractivity contribution in [1.82, 2.24) is 4.98 Å². The molecule has 2 rings (SSSR count). The molecule has 68 valence electrons. The topological polar surface area (TPSA) is 12.9 Å². The maximum Gasteiger partial charge on any atom is 0.129 e. The van der Waals surface area contributed by atoms with Gasteiger partial charge in [-0.3, -0.25) is 0 Å². The van der Waals surface area contributed by atoms with Crippen molar-refractivity contribution in [3.63, 3.8) is 0 Å². The van der Waals surface area contributed by atoms with Gasteiger partial charge >= 0.3 is 0 Å². The Morgan fingerprint density at radius 1 is 1.21 bits per heavy atom. The molecule has 0 unspecified atom stereocenters. The Kier molecular flexibility index (Phi) is 2.83. The molecule has 0 aliphatic carbocycles. The van der Waals surface area contributed by atoms with E-state index in [2.05, 4.69) is 16.8 Å². The van der Waals surface area contributed by atoms with E-state index in [1.807, 2.05) is 23.6 Å². The molecular formula is C11H6ClNS. The molecular weight excluding hydrogens is 214 g/mol. The lowest BCUT2D eigenvalue weighted by Gasteiger charge is -1.88. The highest BCUT2D eigenvalue weighted by Gasteiger charge is 1.89. The Hall–Kier alpha value is -1.30. The minimum absolute atomic E-state index is 0.492. The largest absolute Gasteiger partial charge is 0.243 e. The first-order chi connectivity index (χ1) is 6.84. The molecule has 0 radical (unpaired) electrons. The van der Waals surface area contributed by atoms with E-state index in [0.29, 0.717) is 5.15 Å². The van der Waals surface area contributed by atoms with Crippen LogP contribution in [0, 0.1) is 11.8 Å². The van der Waals surface area contributed by atoms with Crippen molar-refractivity contribution in [2.24, 2.45) is 0 Å². The van der Waals surface area contributed by atoms with E-state index < -0.39 is 0 Å². The van der Waals surface area contributed by atoms with Crippen molar-refractivity contribution in [2.45, 2.75) is 0 Å². The maximum atomic E-state index is 5.65. The summed E-state index contributed by atoms with van der Waals surface area (Å²) in [6.45, 7) is 0. The van der Waals surface area contributed by atoms with Crippen molar-refractivity contribution in [1.29, 1.82) is 0 Å². The van der Waals surface area contributed by atoms with E-state index in [4.69, 9.17) is 11.6 Å². The van der Waals surface area contributed by atoms with Gasteiger partial charge in [0.15, 0.2) is 0 Å². The standard InChI is InChI=1S/C11H6ClNS/c12-11-6-4-9(8-13-11)3-5-10-2-1-7-14-10/h1-2,4,6-8H. The molecule has 2 aromatic rings. The van der Waals surface area contributed by atoms with Gasteiger partial charge in [-0.05, 0) is 23.6 Å². The molecule has 3 heteroatoms. The molecule has 0 N–H and O–H groups in total. The summed E-state index contributed by atoms with van der Waals surface area (Å²) in [5.41, 5.74) is 0.878. The Morgan fingerprint density at radius 2 is 2.14 bits per heavy atom. The Labute approximate surface area is 91.4 Å². The average molecular weight is 220 g/mol. The van der Waals surface area contributed by atoms with Crippen LogP contribution in [-0.2, 0) is 0 Å². The second kappa shape index (κ2) is 4.28. The Morgan fingerprint density at radius 3 is 2.79 bits per heavy atom. The fourth-order valence-corrected chi connectivity index (χ4v) is 1.62. The van der Waals surface area contributed by atoms with E-state index in [9.17, 15) is 0 Å². The van der Waals surface area contributed by atoms with Crippen LogP contribution >= 0.6 is 22.9 Å². The highest BCUT2D eigenvalue weighted by Crippen LogP contribution is 2.07. The molecule has 0 bridgehead atoms. The lowest BCUT2D eigenvalue weighted by atomic mass is 10.3. The zero-order valence-electron chi connectivity index (χ0n) is 7.20. The highest BCUT2D eigenvalue weighted by atomic mass is 35.5. The first-order valence-electron chi connectivity index (χ1n) is 4.02. The van der Waals surface area contributed by atoms with Crippen molar-refractivity contribution >= 4 is 22.9 Å². The second-order valence-corrected chi connectivity index (χ2v) is 3.93. The Bertz CT molecular complexity index is 462. The predicted octanol–water partition coefficient (Wildman–Crippen LogP) is 3.20. The molecule has 0 saturated carbocycles. The molecule has 2 aromatic heterocycles. The van der Waals surface area contributed by atoms with E-state index in [0.717, 1.165) is 10.4 Å². The van der Waals surface area contributed by atoms with Crippen LogP contribution < -0.4 is 0 Å². The number of hydrogen-bond acceptors (Lipinski definition) is 2. The van der Waals surface area contributed by atoms with Gasteiger partial charge in [0.1, 0.15) is 5.15 Å². The van der Waals surface area contributed by atoms with Crippen molar-refractivity contribution in [3.05, 3.63) is 51.4 Å². The van der Waals surface area contributed by atoms with Crippen molar-refractivity contribution < 1.29 is 0 Å². The second-order valence-electron chi connectivity index (χ2n) is 2.60. The zero-order chi connectivity index (χ0) is 9.80. The third-order valence-corrected chi connectivity index (χ3v) is 2.59. The van der Waals surface area contributed by atoms with Crippen LogP contribution in [0.5, 0.6) is 0 Å². The number of nitrogens with zero attached hydrogens (tertiary/aromatic N) is 1. The maximum absolute atomic E-state index is 5.65. The normalized spacial score (nSPS) is 9.21.